The van der Waals surface area contributed by atoms with Crippen LogP contribution in [0.4, 0.5) is 0 Å². The van der Waals surface area contributed by atoms with Gasteiger partial charge in [-0.25, -0.2) is 0 Å². The minimum absolute atomic E-state index is 0.135. The first-order chi connectivity index (χ1) is 8.90. The Morgan fingerprint density at radius 3 is 2.32 bits per heavy atom. The fourth-order valence-corrected chi connectivity index (χ4v) is 2.56. The highest BCUT2D eigenvalue weighted by Crippen LogP contribution is 2.36. The minimum atomic E-state index is -0.793. The first kappa shape index (κ1) is 16.0. The summed E-state index contributed by atoms with van der Waals surface area (Å²) < 4.78 is 0. The Hall–Kier alpha value is -1.10. The Morgan fingerprint density at radius 1 is 1.32 bits per heavy atom. The van der Waals surface area contributed by atoms with Gasteiger partial charge in [0.15, 0.2) is 0 Å². The molecular weight excluding hydrogens is 244 g/mol. The Labute approximate surface area is 114 Å². The van der Waals surface area contributed by atoms with Gasteiger partial charge in [-0.2, -0.15) is 0 Å². The number of carboxylic acid groups (broad SMARTS) is 1. The standard InChI is InChI=1S/C14H26N2O3/c1-3-13(2,9-15)11(17)16-10-14(12(18)19)7-5-4-6-8-14/h3-10,15H2,1-2H3,(H,16,17)(H,18,19). The van der Waals surface area contributed by atoms with Crippen LogP contribution in [-0.4, -0.2) is 30.1 Å². The Balaban J connectivity index is 2.67. The second kappa shape index (κ2) is 6.37. The molecule has 1 rings (SSSR count). The highest BCUT2D eigenvalue weighted by atomic mass is 16.4. The molecule has 110 valence electrons. The molecule has 1 atom stereocenters. The lowest BCUT2D eigenvalue weighted by Gasteiger charge is -2.34. The molecule has 1 amide bonds. The topological polar surface area (TPSA) is 92.4 Å². The van der Waals surface area contributed by atoms with Crippen LogP contribution in [-0.2, 0) is 9.59 Å². The van der Waals surface area contributed by atoms with Gasteiger partial charge in [0.1, 0.15) is 0 Å². The molecule has 0 saturated heterocycles. The molecule has 0 aromatic carbocycles. The lowest BCUT2D eigenvalue weighted by molar-refractivity contribution is -0.151. The van der Waals surface area contributed by atoms with E-state index in [9.17, 15) is 14.7 Å². The van der Waals surface area contributed by atoms with Crippen LogP contribution < -0.4 is 11.1 Å². The van der Waals surface area contributed by atoms with Crippen molar-refractivity contribution in [2.75, 3.05) is 13.1 Å². The van der Waals surface area contributed by atoms with E-state index in [4.69, 9.17) is 5.73 Å². The van der Waals surface area contributed by atoms with Crippen LogP contribution in [0.5, 0.6) is 0 Å². The van der Waals surface area contributed by atoms with Crippen molar-refractivity contribution in [3.8, 4) is 0 Å². The Kier molecular flexibility index (Phi) is 5.35. The molecule has 0 bridgehead atoms. The average Bonchev–Trinajstić information content (AvgIpc) is 2.44. The van der Waals surface area contributed by atoms with E-state index in [1.54, 1.807) is 0 Å². The van der Waals surface area contributed by atoms with Gasteiger partial charge in [0, 0.05) is 13.1 Å². The van der Waals surface area contributed by atoms with Gasteiger partial charge in [0.2, 0.25) is 5.91 Å². The summed E-state index contributed by atoms with van der Waals surface area (Å²) in [6, 6.07) is 0. The van der Waals surface area contributed by atoms with Crippen LogP contribution in [0.15, 0.2) is 0 Å². The van der Waals surface area contributed by atoms with E-state index >= 15 is 0 Å². The molecule has 5 heteroatoms. The summed E-state index contributed by atoms with van der Waals surface area (Å²) in [7, 11) is 0. The third-order valence-electron chi connectivity index (χ3n) is 4.63. The molecule has 1 fully saturated rings. The lowest BCUT2D eigenvalue weighted by Crippen LogP contribution is -2.50. The molecule has 0 radical (unpaired) electrons. The number of rotatable bonds is 6. The molecule has 0 aromatic rings. The minimum Gasteiger partial charge on any atom is -0.481 e. The summed E-state index contributed by atoms with van der Waals surface area (Å²) in [6.07, 6.45) is 4.87. The summed E-state index contributed by atoms with van der Waals surface area (Å²) in [4.78, 5) is 23.7. The number of nitrogens with one attached hydrogen (secondary N) is 1. The molecule has 19 heavy (non-hydrogen) atoms. The second-order valence-corrected chi connectivity index (χ2v) is 5.95. The largest absolute Gasteiger partial charge is 0.481 e. The van der Waals surface area contributed by atoms with Gasteiger partial charge in [-0.3, -0.25) is 9.59 Å². The second-order valence-electron chi connectivity index (χ2n) is 5.95. The van der Waals surface area contributed by atoms with Crippen LogP contribution in [0.2, 0.25) is 0 Å². The quantitative estimate of drug-likeness (QED) is 0.682. The summed E-state index contributed by atoms with van der Waals surface area (Å²) in [5, 5.41) is 12.3. The molecule has 1 saturated carbocycles. The van der Waals surface area contributed by atoms with Crippen LogP contribution in [0.3, 0.4) is 0 Å². The third-order valence-corrected chi connectivity index (χ3v) is 4.63. The fraction of sp³-hybridized carbons (Fsp3) is 0.857. The predicted molar refractivity (Wildman–Crippen MR) is 73.6 cm³/mol. The van der Waals surface area contributed by atoms with Crippen LogP contribution in [0, 0.1) is 10.8 Å². The molecular formula is C14H26N2O3. The lowest BCUT2D eigenvalue weighted by atomic mass is 9.73. The number of carboxylic acids is 1. The summed E-state index contributed by atoms with van der Waals surface area (Å²) in [5.74, 6) is -0.929. The average molecular weight is 270 g/mol. The normalized spacial score (nSPS) is 21.4. The molecule has 5 nitrogen and oxygen atoms in total. The van der Waals surface area contributed by atoms with E-state index in [0.717, 1.165) is 19.3 Å². The zero-order chi connectivity index (χ0) is 14.5. The van der Waals surface area contributed by atoms with Crippen molar-refractivity contribution in [3.05, 3.63) is 0 Å². The maximum Gasteiger partial charge on any atom is 0.311 e. The molecule has 4 N–H and O–H groups in total. The van der Waals surface area contributed by atoms with E-state index in [1.165, 1.54) is 0 Å². The van der Waals surface area contributed by atoms with Crippen molar-refractivity contribution in [1.82, 2.24) is 5.32 Å². The van der Waals surface area contributed by atoms with E-state index < -0.39 is 16.8 Å². The van der Waals surface area contributed by atoms with Crippen LogP contribution >= 0.6 is 0 Å². The molecule has 0 spiro atoms. The first-order valence-electron chi connectivity index (χ1n) is 7.12. The van der Waals surface area contributed by atoms with Gasteiger partial charge in [-0.15, -0.1) is 0 Å². The molecule has 1 aliphatic carbocycles. The highest BCUT2D eigenvalue weighted by Gasteiger charge is 2.41. The number of hydrogen-bond donors (Lipinski definition) is 3. The number of nitrogens with two attached hydrogens (primary N) is 1. The summed E-state index contributed by atoms with van der Waals surface area (Å²) >= 11 is 0. The number of aliphatic carboxylic acids is 1. The van der Waals surface area contributed by atoms with Crippen LogP contribution in [0.25, 0.3) is 0 Å². The maximum absolute atomic E-state index is 12.2. The van der Waals surface area contributed by atoms with Crippen molar-refractivity contribution in [2.24, 2.45) is 16.6 Å². The predicted octanol–water partition coefficient (Wildman–Crippen LogP) is 1.51. The summed E-state index contributed by atoms with van der Waals surface area (Å²) in [6.45, 7) is 4.23. The van der Waals surface area contributed by atoms with E-state index in [-0.39, 0.29) is 19.0 Å². The molecule has 0 aliphatic heterocycles. The monoisotopic (exact) mass is 270 g/mol. The molecule has 1 aliphatic rings. The van der Waals surface area contributed by atoms with Gasteiger partial charge in [0.25, 0.3) is 0 Å². The SMILES string of the molecule is CCC(C)(CN)C(=O)NCC1(C(=O)O)CCCCC1. The highest BCUT2D eigenvalue weighted by molar-refractivity contribution is 5.83. The summed E-state index contributed by atoms with van der Waals surface area (Å²) in [5.41, 5.74) is 4.26. The van der Waals surface area contributed by atoms with E-state index in [1.807, 2.05) is 13.8 Å². The number of amides is 1. The third kappa shape index (κ3) is 3.47. The van der Waals surface area contributed by atoms with E-state index in [0.29, 0.717) is 19.3 Å². The number of carbonyl (C=O) groups is 2. The molecule has 0 heterocycles. The number of carbonyl (C=O) groups excluding carboxylic acids is 1. The van der Waals surface area contributed by atoms with Gasteiger partial charge < -0.3 is 16.2 Å². The van der Waals surface area contributed by atoms with Gasteiger partial charge in [-0.1, -0.05) is 26.2 Å². The fourth-order valence-electron chi connectivity index (χ4n) is 2.56. The molecule has 1 unspecified atom stereocenters. The number of hydrogen-bond acceptors (Lipinski definition) is 3. The smallest absolute Gasteiger partial charge is 0.311 e. The van der Waals surface area contributed by atoms with Crippen molar-refractivity contribution >= 4 is 11.9 Å². The Morgan fingerprint density at radius 2 is 1.89 bits per heavy atom. The van der Waals surface area contributed by atoms with Gasteiger partial charge in [-0.05, 0) is 26.2 Å². The van der Waals surface area contributed by atoms with Crippen molar-refractivity contribution in [3.63, 3.8) is 0 Å². The van der Waals surface area contributed by atoms with Gasteiger partial charge >= 0.3 is 5.97 Å². The zero-order valence-corrected chi connectivity index (χ0v) is 12.0. The Bertz CT molecular complexity index is 332. The van der Waals surface area contributed by atoms with Crippen molar-refractivity contribution < 1.29 is 14.7 Å². The van der Waals surface area contributed by atoms with Gasteiger partial charge in [0.05, 0.1) is 10.8 Å². The van der Waals surface area contributed by atoms with Crippen molar-refractivity contribution in [2.45, 2.75) is 52.4 Å². The zero-order valence-electron chi connectivity index (χ0n) is 12.0. The van der Waals surface area contributed by atoms with Crippen LogP contribution in [0.1, 0.15) is 52.4 Å². The van der Waals surface area contributed by atoms with E-state index in [2.05, 4.69) is 5.32 Å². The first-order valence-corrected chi connectivity index (χ1v) is 7.12. The van der Waals surface area contributed by atoms with Crippen molar-refractivity contribution in [1.29, 1.82) is 0 Å². The maximum atomic E-state index is 12.2. The molecule has 0 aromatic heterocycles.